The molecule has 0 saturated heterocycles. The van der Waals surface area contributed by atoms with Crippen LogP contribution < -0.4 is 10.2 Å². The molecule has 0 bridgehead atoms. The van der Waals surface area contributed by atoms with Gasteiger partial charge in [0, 0.05) is 37.3 Å². The summed E-state index contributed by atoms with van der Waals surface area (Å²) in [5.74, 6) is 1.59. The van der Waals surface area contributed by atoms with Gasteiger partial charge in [-0.3, -0.25) is 9.48 Å². The van der Waals surface area contributed by atoms with Crippen molar-refractivity contribution < 1.29 is 9.53 Å². The Hall–Kier alpha value is -2.59. The molecule has 1 N–H and O–H groups in total. The molecule has 1 aliphatic rings. The van der Waals surface area contributed by atoms with Crippen LogP contribution in [0.4, 0.5) is 11.5 Å². The first kappa shape index (κ1) is 24.5. The van der Waals surface area contributed by atoms with Gasteiger partial charge in [0.15, 0.2) is 11.5 Å². The first-order chi connectivity index (χ1) is 15.9. The largest absolute Gasteiger partial charge is 0.360 e. The molecule has 4 rings (SSSR count). The Morgan fingerprint density at radius 3 is 2.71 bits per heavy atom. The number of fused-ring (bicyclic) bond motifs is 2. The molecule has 0 unspecified atom stereocenters. The van der Waals surface area contributed by atoms with Crippen molar-refractivity contribution in [2.24, 2.45) is 7.05 Å². The zero-order chi connectivity index (χ0) is 24.7. The summed E-state index contributed by atoms with van der Waals surface area (Å²) in [6, 6.07) is 0. The lowest BCUT2D eigenvalue weighted by atomic mass is 10.1. The lowest BCUT2D eigenvalue weighted by Crippen LogP contribution is -2.40. The summed E-state index contributed by atoms with van der Waals surface area (Å²) in [6.07, 6.45) is 14.4. The average Bonchev–Trinajstić information content (AvgIpc) is 3.28. The van der Waals surface area contributed by atoms with Crippen molar-refractivity contribution >= 4 is 38.6 Å². The van der Waals surface area contributed by atoms with Gasteiger partial charge in [0.25, 0.3) is 5.91 Å². The maximum Gasteiger partial charge on any atom is 0.255 e. The number of nitrogens with zero attached hydrogens (tertiary/aromatic N) is 6. The lowest BCUT2D eigenvalue weighted by molar-refractivity contribution is 0.0901. The summed E-state index contributed by atoms with van der Waals surface area (Å²) in [6.45, 7) is 7.75. The fraction of sp³-hybridized carbons (Fsp3) is 0.583. The lowest BCUT2D eigenvalue weighted by Gasteiger charge is -2.26. The summed E-state index contributed by atoms with van der Waals surface area (Å²) >= 11 is 0. The van der Waals surface area contributed by atoms with Crippen LogP contribution in [0.2, 0.25) is 0 Å². The standard InChI is InChI=1S/C24H37N7O2S/c1-24(2,3)27-23(32)17-14-30(16-33-11-12-34(5,6)7)22-21(17)26-20(13-25-22)31-10-8-9-18-19(31)15-29(4)28-18/h13-15H,8-12,16H2,1-7H3,(H,27,32). The molecule has 4 heterocycles. The van der Waals surface area contributed by atoms with E-state index in [0.29, 0.717) is 30.1 Å². The van der Waals surface area contributed by atoms with Gasteiger partial charge < -0.3 is 19.5 Å². The summed E-state index contributed by atoms with van der Waals surface area (Å²) in [5, 5.41) is 7.64. The first-order valence-corrected chi connectivity index (χ1v) is 14.7. The van der Waals surface area contributed by atoms with Crippen LogP contribution in [0.15, 0.2) is 18.6 Å². The van der Waals surface area contributed by atoms with Crippen LogP contribution in [-0.2, 0) is 24.9 Å². The van der Waals surface area contributed by atoms with Crippen LogP contribution >= 0.6 is 10.0 Å². The third-order valence-corrected chi connectivity index (χ3v) is 6.99. The number of hydrogen-bond donors (Lipinski definition) is 1. The zero-order valence-corrected chi connectivity index (χ0v) is 22.2. The number of anilines is 2. The quantitative estimate of drug-likeness (QED) is 0.514. The number of hydrogen-bond acceptors (Lipinski definition) is 6. The molecular formula is C24H37N7O2S. The smallest absolute Gasteiger partial charge is 0.255 e. The van der Waals surface area contributed by atoms with Gasteiger partial charge >= 0.3 is 0 Å². The molecule has 9 nitrogen and oxygen atoms in total. The molecule has 3 aromatic rings. The summed E-state index contributed by atoms with van der Waals surface area (Å²) in [5.41, 5.74) is 3.49. The van der Waals surface area contributed by atoms with Gasteiger partial charge in [0.05, 0.1) is 29.7 Å². The predicted octanol–water partition coefficient (Wildman–Crippen LogP) is 3.45. The molecule has 3 aromatic heterocycles. The molecule has 1 aliphatic heterocycles. The highest BCUT2D eigenvalue weighted by Crippen LogP contribution is 2.34. The molecular weight excluding hydrogens is 450 g/mol. The molecule has 0 aliphatic carbocycles. The maximum absolute atomic E-state index is 13.2. The van der Waals surface area contributed by atoms with Crippen molar-refractivity contribution in [3.05, 3.63) is 29.8 Å². The van der Waals surface area contributed by atoms with E-state index in [0.717, 1.165) is 42.3 Å². The van der Waals surface area contributed by atoms with E-state index in [1.807, 2.05) is 49.5 Å². The third-order valence-electron chi connectivity index (χ3n) is 5.60. The van der Waals surface area contributed by atoms with Crippen molar-refractivity contribution in [1.82, 2.24) is 29.6 Å². The van der Waals surface area contributed by atoms with E-state index in [4.69, 9.17) is 14.7 Å². The molecule has 0 aromatic carbocycles. The van der Waals surface area contributed by atoms with E-state index in [2.05, 4.69) is 34.1 Å². The second-order valence-corrected chi connectivity index (χ2v) is 15.4. The van der Waals surface area contributed by atoms with Crippen molar-refractivity contribution in [1.29, 1.82) is 0 Å². The Kier molecular flexibility index (Phi) is 6.65. The summed E-state index contributed by atoms with van der Waals surface area (Å²) < 4.78 is 9.68. The minimum atomic E-state index is -0.629. The van der Waals surface area contributed by atoms with Gasteiger partial charge in [-0.2, -0.15) is 5.10 Å². The van der Waals surface area contributed by atoms with Crippen LogP contribution in [-0.4, -0.2) is 73.4 Å². The molecule has 0 spiro atoms. The van der Waals surface area contributed by atoms with Crippen molar-refractivity contribution in [3.63, 3.8) is 0 Å². The summed E-state index contributed by atoms with van der Waals surface area (Å²) in [4.78, 5) is 25.0. The molecule has 34 heavy (non-hydrogen) atoms. The molecule has 10 heteroatoms. The monoisotopic (exact) mass is 487 g/mol. The highest BCUT2D eigenvalue weighted by molar-refractivity contribution is 8.32. The van der Waals surface area contributed by atoms with Crippen LogP contribution in [0, 0.1) is 0 Å². The molecule has 0 atom stereocenters. The second kappa shape index (κ2) is 9.22. The fourth-order valence-corrected chi connectivity index (χ4v) is 4.62. The SMILES string of the molecule is Cn1cc2c(n1)CCCN2c1cnc2c(n1)c(C(=O)NC(C)(C)C)cn2COCCS(C)(C)C. The number of carbonyl (C=O) groups is 1. The van der Waals surface area contributed by atoms with Crippen molar-refractivity contribution in [3.8, 4) is 0 Å². The number of ether oxygens (including phenoxy) is 1. The van der Waals surface area contributed by atoms with E-state index >= 15 is 0 Å². The van der Waals surface area contributed by atoms with E-state index in [1.54, 1.807) is 6.20 Å². The van der Waals surface area contributed by atoms with E-state index in [9.17, 15) is 4.79 Å². The predicted molar refractivity (Wildman–Crippen MR) is 139 cm³/mol. The van der Waals surface area contributed by atoms with E-state index in [-0.39, 0.29) is 11.4 Å². The molecule has 0 radical (unpaired) electrons. The Morgan fingerprint density at radius 2 is 2.00 bits per heavy atom. The van der Waals surface area contributed by atoms with Gasteiger partial charge in [-0.25, -0.2) is 20.0 Å². The number of rotatable bonds is 7. The molecule has 186 valence electrons. The Bertz CT molecular complexity index is 1190. The van der Waals surface area contributed by atoms with Crippen LogP contribution in [0.3, 0.4) is 0 Å². The molecule has 0 saturated carbocycles. The zero-order valence-electron chi connectivity index (χ0n) is 21.4. The Labute approximate surface area is 203 Å². The minimum Gasteiger partial charge on any atom is -0.360 e. The summed E-state index contributed by atoms with van der Waals surface area (Å²) in [7, 11) is 1.30. The van der Waals surface area contributed by atoms with Crippen LogP contribution in [0.25, 0.3) is 11.2 Å². The number of nitrogens with one attached hydrogen (secondary N) is 1. The number of aryl methyl sites for hydroxylation is 2. The van der Waals surface area contributed by atoms with Gasteiger partial charge in [-0.05, 0) is 52.4 Å². The highest BCUT2D eigenvalue weighted by Gasteiger charge is 2.26. The van der Waals surface area contributed by atoms with Crippen LogP contribution in [0.5, 0.6) is 0 Å². The first-order valence-electron chi connectivity index (χ1n) is 11.6. The Morgan fingerprint density at radius 1 is 1.24 bits per heavy atom. The second-order valence-electron chi connectivity index (χ2n) is 10.8. The average molecular weight is 488 g/mol. The topological polar surface area (TPSA) is 90.1 Å². The van der Waals surface area contributed by atoms with Crippen molar-refractivity contribution in [2.45, 2.75) is 45.9 Å². The number of amides is 1. The Balaban J connectivity index is 1.69. The third kappa shape index (κ3) is 5.55. The normalized spacial score (nSPS) is 15.0. The van der Waals surface area contributed by atoms with Gasteiger partial charge in [0.1, 0.15) is 12.2 Å². The number of aromatic nitrogens is 5. The minimum absolute atomic E-state index is 0.164. The maximum atomic E-state index is 13.2. The van der Waals surface area contributed by atoms with Crippen LogP contribution in [0.1, 0.15) is 43.2 Å². The van der Waals surface area contributed by atoms with Gasteiger partial charge in [0.2, 0.25) is 0 Å². The highest BCUT2D eigenvalue weighted by atomic mass is 32.3. The van der Waals surface area contributed by atoms with Crippen molar-refractivity contribution in [2.75, 3.05) is 42.6 Å². The number of carbonyl (C=O) groups excluding carboxylic acids is 1. The van der Waals surface area contributed by atoms with E-state index < -0.39 is 10.0 Å². The molecule has 0 fully saturated rings. The fourth-order valence-electron chi connectivity index (χ4n) is 4.01. The van der Waals surface area contributed by atoms with Gasteiger partial charge in [-0.1, -0.05) is 0 Å². The van der Waals surface area contributed by atoms with E-state index in [1.165, 1.54) is 0 Å². The van der Waals surface area contributed by atoms with Gasteiger partial charge in [-0.15, -0.1) is 0 Å². The molecule has 1 amide bonds.